The second-order valence-corrected chi connectivity index (χ2v) is 13.2. The first kappa shape index (κ1) is 30.2. The number of aryl methyl sites for hydroxylation is 1. The fraction of sp³-hybridized carbons (Fsp3) is 0.708. The van der Waals surface area contributed by atoms with Crippen LogP contribution >= 0.6 is 7.82 Å². The van der Waals surface area contributed by atoms with Crippen LogP contribution in [0.15, 0.2) is 18.2 Å². The van der Waals surface area contributed by atoms with E-state index in [-0.39, 0.29) is 18.0 Å². The molecule has 1 aromatic rings. The zero-order valence-corrected chi connectivity index (χ0v) is 23.2. The summed E-state index contributed by atoms with van der Waals surface area (Å²) in [6.07, 6.45) is 0.249. The number of hydrogen-bond donors (Lipinski definition) is 3. The molecule has 1 aromatic carbocycles. The summed E-state index contributed by atoms with van der Waals surface area (Å²) in [5.41, 5.74) is 3.65. The van der Waals surface area contributed by atoms with Crippen LogP contribution in [-0.2, 0) is 29.3 Å². The number of nitrogen functional groups attached to an aromatic ring is 1. The third-order valence-electron chi connectivity index (χ3n) is 4.17. The van der Waals surface area contributed by atoms with Gasteiger partial charge < -0.3 is 20.9 Å². The highest BCUT2D eigenvalue weighted by atomic mass is 31.2. The van der Waals surface area contributed by atoms with Crippen LogP contribution in [0.5, 0.6) is 5.75 Å². The Kier molecular flexibility index (Phi) is 9.65. The molecule has 0 aliphatic rings. The molecule has 0 saturated heterocycles. The molecule has 0 spiro atoms. The van der Waals surface area contributed by atoms with Gasteiger partial charge in [0.25, 0.3) is 0 Å². The Hall–Kier alpha value is -1.80. The number of carbonyl (C=O) groups excluding carboxylic acids is 1. The average molecular weight is 503 g/mol. The van der Waals surface area contributed by atoms with Crippen LogP contribution in [0, 0.1) is 0 Å². The van der Waals surface area contributed by atoms with Crippen molar-refractivity contribution in [1.29, 1.82) is 0 Å². The molecular formula is C24H43N2O7P. The SMILES string of the molecule is CC(C)(C)OC(=O)N[C@](C)(CCc1ccc(O)c(N)c1)COP(=O)(OC(C)(C)C)OC(C)(C)C. The average Bonchev–Trinajstić information content (AvgIpc) is 2.56. The van der Waals surface area contributed by atoms with Gasteiger partial charge in [-0.3, -0.25) is 13.6 Å². The van der Waals surface area contributed by atoms with Crippen molar-refractivity contribution >= 4 is 19.6 Å². The number of phenolic OH excluding ortho intramolecular Hbond substituents is 1. The van der Waals surface area contributed by atoms with E-state index < -0.39 is 36.3 Å². The van der Waals surface area contributed by atoms with Crippen LogP contribution in [0.1, 0.15) is 81.2 Å². The Bertz CT molecular complexity index is 865. The molecular weight excluding hydrogens is 459 g/mol. The number of phosphoric acid groups is 1. The minimum absolute atomic E-state index is 0.00122. The molecule has 0 radical (unpaired) electrons. The van der Waals surface area contributed by atoms with Crippen LogP contribution in [0.25, 0.3) is 0 Å². The molecule has 0 fully saturated rings. The Balaban J connectivity index is 3.14. The van der Waals surface area contributed by atoms with E-state index in [1.165, 1.54) is 6.07 Å². The minimum Gasteiger partial charge on any atom is -0.506 e. The molecule has 196 valence electrons. The van der Waals surface area contributed by atoms with Crippen molar-refractivity contribution in [3.8, 4) is 5.75 Å². The Morgan fingerprint density at radius 1 is 0.971 bits per heavy atom. The molecule has 0 saturated carbocycles. The molecule has 1 rings (SSSR count). The summed E-state index contributed by atoms with van der Waals surface area (Å²) >= 11 is 0. The fourth-order valence-electron chi connectivity index (χ4n) is 2.86. The summed E-state index contributed by atoms with van der Waals surface area (Å²) in [5.74, 6) is 0.00122. The highest BCUT2D eigenvalue weighted by Crippen LogP contribution is 2.55. The number of nitrogens with two attached hydrogens (primary N) is 1. The maximum atomic E-state index is 13.5. The van der Waals surface area contributed by atoms with Crippen molar-refractivity contribution in [2.75, 3.05) is 12.3 Å². The van der Waals surface area contributed by atoms with Gasteiger partial charge in [0.1, 0.15) is 11.4 Å². The molecule has 4 N–H and O–H groups in total. The summed E-state index contributed by atoms with van der Waals surface area (Å²) in [6, 6.07) is 4.93. The van der Waals surface area contributed by atoms with E-state index >= 15 is 0 Å². The number of anilines is 1. The van der Waals surface area contributed by atoms with Gasteiger partial charge in [-0.15, -0.1) is 0 Å². The zero-order chi connectivity index (χ0) is 26.6. The van der Waals surface area contributed by atoms with E-state index in [2.05, 4.69) is 5.32 Å². The van der Waals surface area contributed by atoms with Crippen LogP contribution in [0.3, 0.4) is 0 Å². The van der Waals surface area contributed by atoms with E-state index in [4.69, 9.17) is 24.0 Å². The van der Waals surface area contributed by atoms with E-state index in [1.807, 2.05) is 0 Å². The van der Waals surface area contributed by atoms with Gasteiger partial charge in [-0.2, -0.15) is 0 Å². The predicted molar refractivity (Wildman–Crippen MR) is 134 cm³/mol. The lowest BCUT2D eigenvalue weighted by Crippen LogP contribution is -2.51. The van der Waals surface area contributed by atoms with Gasteiger partial charge >= 0.3 is 13.9 Å². The first-order chi connectivity index (χ1) is 15.1. The number of rotatable bonds is 9. The van der Waals surface area contributed by atoms with Crippen molar-refractivity contribution < 1.29 is 32.8 Å². The minimum atomic E-state index is -4.00. The normalized spacial score (nSPS) is 15.0. The third kappa shape index (κ3) is 12.1. The molecule has 1 amide bonds. The maximum absolute atomic E-state index is 13.5. The van der Waals surface area contributed by atoms with Crippen molar-refractivity contribution in [2.24, 2.45) is 0 Å². The van der Waals surface area contributed by atoms with Crippen molar-refractivity contribution in [1.82, 2.24) is 5.32 Å². The number of ether oxygens (including phenoxy) is 1. The lowest BCUT2D eigenvalue weighted by Gasteiger charge is -2.35. The number of phosphoric ester groups is 1. The maximum Gasteiger partial charge on any atom is 0.475 e. The molecule has 0 heterocycles. The van der Waals surface area contributed by atoms with Gasteiger partial charge in [-0.05, 0) is 99.8 Å². The number of amides is 1. The molecule has 0 aliphatic carbocycles. The van der Waals surface area contributed by atoms with Crippen LogP contribution in [0.2, 0.25) is 0 Å². The number of benzene rings is 1. The Morgan fingerprint density at radius 2 is 1.50 bits per heavy atom. The summed E-state index contributed by atoms with van der Waals surface area (Å²) in [5, 5.41) is 12.5. The second kappa shape index (κ2) is 10.9. The van der Waals surface area contributed by atoms with Gasteiger partial charge in [0.15, 0.2) is 0 Å². The summed E-state index contributed by atoms with van der Waals surface area (Å²) < 4.78 is 36.1. The second-order valence-electron chi connectivity index (χ2n) is 11.7. The van der Waals surface area contributed by atoms with E-state index in [1.54, 1.807) is 81.4 Å². The van der Waals surface area contributed by atoms with Gasteiger partial charge in [-0.25, -0.2) is 9.36 Å². The number of alkyl carbamates (subject to hydrolysis) is 1. The number of carbonyl (C=O) groups is 1. The van der Waals surface area contributed by atoms with Crippen molar-refractivity contribution in [3.63, 3.8) is 0 Å². The van der Waals surface area contributed by atoms with Crippen molar-refractivity contribution in [3.05, 3.63) is 23.8 Å². The number of hydrogen-bond acceptors (Lipinski definition) is 8. The fourth-order valence-corrected chi connectivity index (χ4v) is 4.79. The van der Waals surface area contributed by atoms with Crippen LogP contribution in [-0.4, -0.2) is 40.1 Å². The molecule has 0 aliphatic heterocycles. The lowest BCUT2D eigenvalue weighted by molar-refractivity contribution is -0.00737. The first-order valence-electron chi connectivity index (χ1n) is 11.4. The smallest absolute Gasteiger partial charge is 0.475 e. The molecule has 34 heavy (non-hydrogen) atoms. The molecule has 0 unspecified atom stereocenters. The number of aromatic hydroxyl groups is 1. The molecule has 0 aromatic heterocycles. The van der Waals surface area contributed by atoms with Gasteiger partial charge in [0.05, 0.1) is 29.0 Å². The molecule has 10 heteroatoms. The zero-order valence-electron chi connectivity index (χ0n) is 22.3. The number of phenols is 1. The predicted octanol–water partition coefficient (Wildman–Crippen LogP) is 5.95. The van der Waals surface area contributed by atoms with Crippen LogP contribution < -0.4 is 11.1 Å². The molecule has 0 bridgehead atoms. The largest absolute Gasteiger partial charge is 0.506 e. The summed E-state index contributed by atoms with van der Waals surface area (Å²) in [4.78, 5) is 12.6. The monoisotopic (exact) mass is 502 g/mol. The summed E-state index contributed by atoms with van der Waals surface area (Å²) in [6.45, 7) is 17.4. The highest BCUT2D eigenvalue weighted by molar-refractivity contribution is 7.48. The van der Waals surface area contributed by atoms with Crippen molar-refractivity contribution in [2.45, 2.75) is 104 Å². The van der Waals surface area contributed by atoms with E-state index in [0.29, 0.717) is 12.8 Å². The van der Waals surface area contributed by atoms with Crippen LogP contribution in [0.4, 0.5) is 10.5 Å². The Morgan fingerprint density at radius 3 is 1.94 bits per heavy atom. The summed E-state index contributed by atoms with van der Waals surface area (Å²) in [7, 11) is -4.00. The third-order valence-corrected chi connectivity index (χ3v) is 6.16. The first-order valence-corrected chi connectivity index (χ1v) is 12.8. The Labute approximate surface area is 204 Å². The quantitative estimate of drug-likeness (QED) is 0.215. The van der Waals surface area contributed by atoms with Gasteiger partial charge in [0, 0.05) is 0 Å². The van der Waals surface area contributed by atoms with E-state index in [0.717, 1.165) is 5.56 Å². The van der Waals surface area contributed by atoms with Gasteiger partial charge in [0.2, 0.25) is 0 Å². The van der Waals surface area contributed by atoms with Gasteiger partial charge in [-0.1, -0.05) is 6.07 Å². The number of nitrogens with one attached hydrogen (secondary N) is 1. The van der Waals surface area contributed by atoms with E-state index in [9.17, 15) is 14.5 Å². The highest BCUT2D eigenvalue weighted by Gasteiger charge is 2.40. The molecule has 1 atom stereocenters. The standard InChI is InChI=1S/C24H43N2O7P/c1-21(2,3)31-20(28)26-24(10,14-13-17-11-12-19(27)18(25)15-17)16-30-34(29,32-22(4,5)6)33-23(7,8)9/h11-12,15,27H,13-14,16,25H2,1-10H3,(H,26,28)/t24-/m1/s1. The lowest BCUT2D eigenvalue weighted by atomic mass is 9.94. The topological polar surface area (TPSA) is 129 Å². The molecule has 9 nitrogen and oxygen atoms in total.